The molecule has 0 bridgehead atoms. The molecule has 2 aromatic heterocycles. The van der Waals surface area contributed by atoms with Gasteiger partial charge in [0.2, 0.25) is 0 Å². The van der Waals surface area contributed by atoms with E-state index in [0.717, 1.165) is 15.6 Å². The molecule has 2 rings (SSSR count). The summed E-state index contributed by atoms with van der Waals surface area (Å²) in [5.41, 5.74) is 1.11. The summed E-state index contributed by atoms with van der Waals surface area (Å²) in [6.07, 6.45) is 3.65. The van der Waals surface area contributed by atoms with E-state index in [4.69, 9.17) is 11.6 Å². The van der Waals surface area contributed by atoms with Gasteiger partial charge in [-0.25, -0.2) is 4.98 Å². The Balaban J connectivity index is 2.41. The fraction of sp³-hybridized carbons (Fsp3) is 0.300. The van der Waals surface area contributed by atoms with Crippen molar-refractivity contribution < 1.29 is 0 Å². The van der Waals surface area contributed by atoms with Crippen LogP contribution in [0.25, 0.3) is 0 Å². The van der Waals surface area contributed by atoms with Crippen molar-refractivity contribution in [3.8, 4) is 0 Å². The normalized spacial score (nSPS) is 13.0. The number of halogens is 1. The Bertz CT molecular complexity index is 409. The van der Waals surface area contributed by atoms with Crippen molar-refractivity contribution in [1.29, 1.82) is 0 Å². The number of hydrogen-bond donors (Lipinski definition) is 1. The maximum atomic E-state index is 6.12. The fourth-order valence-corrected chi connectivity index (χ4v) is 2.86. The van der Waals surface area contributed by atoms with E-state index in [1.165, 1.54) is 0 Å². The van der Waals surface area contributed by atoms with Crippen LogP contribution in [0, 0.1) is 0 Å². The van der Waals surface area contributed by atoms with Gasteiger partial charge < -0.3 is 9.88 Å². The second-order valence-corrected chi connectivity index (χ2v) is 4.64. The Morgan fingerprint density at radius 2 is 2.40 bits per heavy atom. The molecule has 0 amide bonds. The van der Waals surface area contributed by atoms with Crippen LogP contribution in [0.5, 0.6) is 0 Å². The number of aryl methyl sites for hydroxylation is 1. The first kappa shape index (κ1) is 10.7. The molecule has 0 spiro atoms. The van der Waals surface area contributed by atoms with Crippen LogP contribution in [0.4, 0.5) is 0 Å². The van der Waals surface area contributed by atoms with Crippen molar-refractivity contribution in [3.05, 3.63) is 39.6 Å². The topological polar surface area (TPSA) is 29.9 Å². The molecule has 0 saturated heterocycles. The van der Waals surface area contributed by atoms with Crippen LogP contribution >= 0.6 is 22.9 Å². The van der Waals surface area contributed by atoms with Gasteiger partial charge in [-0.3, -0.25) is 0 Å². The maximum absolute atomic E-state index is 6.12. The van der Waals surface area contributed by atoms with Crippen molar-refractivity contribution in [2.45, 2.75) is 6.04 Å². The summed E-state index contributed by atoms with van der Waals surface area (Å²) in [4.78, 5) is 5.24. The minimum absolute atomic E-state index is 0.116. The van der Waals surface area contributed by atoms with E-state index in [1.54, 1.807) is 17.7 Å². The van der Waals surface area contributed by atoms with Crippen molar-refractivity contribution in [2.24, 2.45) is 7.05 Å². The number of imidazole rings is 1. The van der Waals surface area contributed by atoms with Crippen LogP contribution < -0.4 is 5.32 Å². The number of rotatable bonds is 3. The van der Waals surface area contributed by atoms with E-state index >= 15 is 0 Å². The number of nitrogens with one attached hydrogen (secondary N) is 1. The van der Waals surface area contributed by atoms with Crippen LogP contribution in [-0.4, -0.2) is 16.6 Å². The lowest BCUT2D eigenvalue weighted by atomic mass is 10.2. The van der Waals surface area contributed by atoms with E-state index in [2.05, 4.69) is 10.3 Å². The monoisotopic (exact) mass is 241 g/mol. The summed E-state index contributed by atoms with van der Waals surface area (Å²) in [5, 5.41) is 6.06. The van der Waals surface area contributed by atoms with Gasteiger partial charge in [-0.1, -0.05) is 11.6 Å². The second kappa shape index (κ2) is 4.35. The number of hydrogen-bond acceptors (Lipinski definition) is 3. The number of thiophene rings is 1. The Labute approximate surface area is 97.7 Å². The van der Waals surface area contributed by atoms with Crippen LogP contribution in [0.1, 0.15) is 16.6 Å². The average molecular weight is 242 g/mol. The third-order valence-corrected chi connectivity index (χ3v) is 3.77. The average Bonchev–Trinajstić information content (AvgIpc) is 2.80. The molecule has 5 heteroatoms. The molecule has 0 fully saturated rings. The Morgan fingerprint density at radius 3 is 2.87 bits per heavy atom. The predicted octanol–water partition coefficient (Wildman–Crippen LogP) is 2.44. The van der Waals surface area contributed by atoms with Crippen molar-refractivity contribution in [1.82, 2.24) is 14.9 Å². The van der Waals surface area contributed by atoms with Crippen molar-refractivity contribution >= 4 is 22.9 Å². The quantitative estimate of drug-likeness (QED) is 0.895. The smallest absolute Gasteiger partial charge is 0.0946 e. The first-order valence-corrected chi connectivity index (χ1v) is 5.86. The third-order valence-electron chi connectivity index (χ3n) is 2.35. The van der Waals surface area contributed by atoms with Crippen molar-refractivity contribution in [2.75, 3.05) is 7.05 Å². The highest BCUT2D eigenvalue weighted by Gasteiger charge is 2.18. The van der Waals surface area contributed by atoms with E-state index in [9.17, 15) is 0 Å². The minimum Gasteiger partial charge on any atom is -0.336 e. The fourth-order valence-electron chi connectivity index (χ4n) is 1.57. The molecule has 15 heavy (non-hydrogen) atoms. The zero-order valence-electron chi connectivity index (χ0n) is 8.57. The molecule has 80 valence electrons. The van der Waals surface area contributed by atoms with E-state index in [-0.39, 0.29) is 6.04 Å². The van der Waals surface area contributed by atoms with Gasteiger partial charge in [-0.2, -0.15) is 0 Å². The zero-order valence-corrected chi connectivity index (χ0v) is 10.1. The second-order valence-electron chi connectivity index (χ2n) is 3.28. The summed E-state index contributed by atoms with van der Waals surface area (Å²) in [7, 11) is 3.90. The van der Waals surface area contributed by atoms with E-state index in [0.29, 0.717) is 0 Å². The van der Waals surface area contributed by atoms with Crippen LogP contribution in [0.3, 0.4) is 0 Å². The van der Waals surface area contributed by atoms with Gasteiger partial charge in [0.15, 0.2) is 0 Å². The van der Waals surface area contributed by atoms with Gasteiger partial charge >= 0.3 is 0 Å². The Morgan fingerprint density at radius 1 is 1.60 bits per heavy atom. The van der Waals surface area contributed by atoms with Gasteiger partial charge in [0, 0.05) is 11.9 Å². The van der Waals surface area contributed by atoms with Gasteiger partial charge in [-0.15, -0.1) is 11.3 Å². The molecule has 0 aromatic carbocycles. The van der Waals surface area contributed by atoms with Crippen LogP contribution in [0.2, 0.25) is 5.02 Å². The molecule has 0 radical (unpaired) electrons. The Kier molecular flexibility index (Phi) is 3.09. The number of aromatic nitrogens is 2. The SMILES string of the molecule is CNC(c1sccc1Cl)c1cncn1C. The molecule has 2 aromatic rings. The highest BCUT2D eigenvalue weighted by Crippen LogP contribution is 2.32. The lowest BCUT2D eigenvalue weighted by Gasteiger charge is -2.15. The molecule has 1 unspecified atom stereocenters. The summed E-state index contributed by atoms with van der Waals surface area (Å²) in [6, 6.07) is 2.03. The summed E-state index contributed by atoms with van der Waals surface area (Å²) in [6.45, 7) is 0. The zero-order chi connectivity index (χ0) is 10.8. The molecule has 0 aliphatic heterocycles. The first-order valence-electron chi connectivity index (χ1n) is 4.60. The molecule has 0 aliphatic rings. The Hall–Kier alpha value is -0.840. The lowest BCUT2D eigenvalue weighted by molar-refractivity contribution is 0.647. The standard InChI is InChI=1S/C10H12ClN3S/c1-12-9(8-5-13-6-14(8)2)10-7(11)3-4-15-10/h3-6,9,12H,1-2H3. The summed E-state index contributed by atoms with van der Waals surface area (Å²) >= 11 is 7.78. The van der Waals surface area contributed by atoms with Crippen molar-refractivity contribution in [3.63, 3.8) is 0 Å². The van der Waals surface area contributed by atoms with Gasteiger partial charge in [0.05, 0.1) is 29.3 Å². The molecule has 2 heterocycles. The molecular weight excluding hydrogens is 230 g/mol. The molecule has 0 saturated carbocycles. The van der Waals surface area contributed by atoms with Gasteiger partial charge in [0.25, 0.3) is 0 Å². The van der Waals surface area contributed by atoms with E-state index < -0.39 is 0 Å². The number of nitrogens with zero attached hydrogens (tertiary/aromatic N) is 2. The summed E-state index contributed by atoms with van der Waals surface area (Å²) < 4.78 is 2.00. The molecular formula is C10H12ClN3S. The molecule has 3 nitrogen and oxygen atoms in total. The van der Waals surface area contributed by atoms with Crippen LogP contribution in [-0.2, 0) is 7.05 Å². The maximum Gasteiger partial charge on any atom is 0.0946 e. The minimum atomic E-state index is 0.116. The van der Waals surface area contributed by atoms with E-state index in [1.807, 2.05) is 36.3 Å². The molecule has 1 atom stereocenters. The molecule has 1 N–H and O–H groups in total. The molecule has 0 aliphatic carbocycles. The first-order chi connectivity index (χ1) is 7.24. The summed E-state index contributed by atoms with van der Waals surface area (Å²) in [5.74, 6) is 0. The van der Waals surface area contributed by atoms with Gasteiger partial charge in [-0.05, 0) is 18.5 Å². The highest BCUT2D eigenvalue weighted by molar-refractivity contribution is 7.10. The lowest BCUT2D eigenvalue weighted by Crippen LogP contribution is -2.19. The largest absolute Gasteiger partial charge is 0.336 e. The van der Waals surface area contributed by atoms with Crippen LogP contribution in [0.15, 0.2) is 24.0 Å². The predicted molar refractivity (Wildman–Crippen MR) is 63.4 cm³/mol. The van der Waals surface area contributed by atoms with Gasteiger partial charge in [0.1, 0.15) is 0 Å². The third kappa shape index (κ3) is 1.93. The highest BCUT2D eigenvalue weighted by atomic mass is 35.5.